The number of hydrogen-bond acceptors (Lipinski definition) is 4. The minimum Gasteiger partial charge on any atom is -0.392 e. The molecule has 0 fully saturated rings. The summed E-state index contributed by atoms with van der Waals surface area (Å²) in [6.07, 6.45) is 0. The van der Waals surface area contributed by atoms with Crippen molar-refractivity contribution in [3.8, 4) is 0 Å². The van der Waals surface area contributed by atoms with E-state index in [-0.39, 0.29) is 17.5 Å². The molecule has 1 aromatic rings. The van der Waals surface area contributed by atoms with Gasteiger partial charge in [-0.25, -0.2) is 13.1 Å². The number of nitrogens with one attached hydrogen (secondary N) is 1. The molecule has 108 valence electrons. The van der Waals surface area contributed by atoms with Gasteiger partial charge in [0.05, 0.1) is 11.5 Å². The Labute approximate surface area is 115 Å². The number of sulfonamides is 1. The zero-order valence-electron chi connectivity index (χ0n) is 11.8. The molecule has 0 radical (unpaired) electrons. The van der Waals surface area contributed by atoms with Crippen LogP contribution in [0.15, 0.2) is 23.1 Å². The molecule has 0 aliphatic carbocycles. The molecule has 0 aromatic heterocycles. The smallest absolute Gasteiger partial charge is 0.241 e. The number of benzene rings is 1. The maximum atomic E-state index is 12.3. The number of aliphatic hydroxyl groups is 1. The minimum absolute atomic E-state index is 0.171. The fraction of sp³-hybridized carbons (Fsp3) is 0.538. The van der Waals surface area contributed by atoms with E-state index in [4.69, 9.17) is 5.11 Å². The van der Waals surface area contributed by atoms with Crippen LogP contribution >= 0.6 is 0 Å². The van der Waals surface area contributed by atoms with E-state index in [1.165, 1.54) is 6.07 Å². The quantitative estimate of drug-likeness (QED) is 0.808. The van der Waals surface area contributed by atoms with Gasteiger partial charge in [0.1, 0.15) is 0 Å². The van der Waals surface area contributed by atoms with Gasteiger partial charge in [-0.3, -0.25) is 0 Å². The Balaban J connectivity index is 3.00. The molecule has 1 aromatic carbocycles. The Hall–Kier alpha value is -0.950. The van der Waals surface area contributed by atoms with Crippen LogP contribution < -0.4 is 4.72 Å². The summed E-state index contributed by atoms with van der Waals surface area (Å²) in [5.74, 6) is 0. The van der Waals surface area contributed by atoms with Crippen molar-refractivity contribution in [1.82, 2.24) is 9.62 Å². The first-order chi connectivity index (χ1) is 8.76. The molecule has 1 rings (SSSR count). The molecule has 0 heterocycles. The predicted molar refractivity (Wildman–Crippen MR) is 75.4 cm³/mol. The normalized spacial score (nSPS) is 13.8. The zero-order chi connectivity index (χ0) is 14.6. The van der Waals surface area contributed by atoms with Gasteiger partial charge in [-0.1, -0.05) is 12.1 Å². The highest BCUT2D eigenvalue weighted by atomic mass is 32.2. The Morgan fingerprint density at radius 2 is 2.00 bits per heavy atom. The fourth-order valence-electron chi connectivity index (χ4n) is 1.95. The first-order valence-electron chi connectivity index (χ1n) is 6.13. The van der Waals surface area contributed by atoms with Crippen molar-refractivity contribution in [3.63, 3.8) is 0 Å². The third kappa shape index (κ3) is 4.58. The van der Waals surface area contributed by atoms with Gasteiger partial charge in [-0.2, -0.15) is 0 Å². The SMILES string of the molecule is Cc1ccc(CO)cc1S(=O)(=O)NC(C)CN(C)C. The summed E-state index contributed by atoms with van der Waals surface area (Å²) in [6.45, 7) is 4.02. The van der Waals surface area contributed by atoms with Gasteiger partial charge in [0.25, 0.3) is 0 Å². The summed E-state index contributed by atoms with van der Waals surface area (Å²) < 4.78 is 27.2. The summed E-state index contributed by atoms with van der Waals surface area (Å²) in [7, 11) is 0.226. The van der Waals surface area contributed by atoms with Gasteiger partial charge in [0, 0.05) is 12.6 Å². The zero-order valence-corrected chi connectivity index (χ0v) is 12.7. The van der Waals surface area contributed by atoms with Crippen molar-refractivity contribution in [3.05, 3.63) is 29.3 Å². The van der Waals surface area contributed by atoms with E-state index in [2.05, 4.69) is 4.72 Å². The van der Waals surface area contributed by atoms with Gasteiger partial charge in [0.15, 0.2) is 0 Å². The molecule has 0 aliphatic rings. The van der Waals surface area contributed by atoms with Crippen LogP contribution in [0.4, 0.5) is 0 Å². The monoisotopic (exact) mass is 286 g/mol. The molecule has 0 aliphatic heterocycles. The topological polar surface area (TPSA) is 69.6 Å². The average Bonchev–Trinajstić information content (AvgIpc) is 2.27. The van der Waals surface area contributed by atoms with E-state index >= 15 is 0 Å². The van der Waals surface area contributed by atoms with Crippen LogP contribution in [0.5, 0.6) is 0 Å². The van der Waals surface area contributed by atoms with Crippen LogP contribution in [-0.2, 0) is 16.6 Å². The van der Waals surface area contributed by atoms with E-state index < -0.39 is 10.0 Å². The standard InChI is InChI=1S/C13H22N2O3S/c1-10-5-6-12(9-16)7-13(10)19(17,18)14-11(2)8-15(3)4/h5-7,11,14,16H,8-9H2,1-4H3. The van der Waals surface area contributed by atoms with E-state index in [9.17, 15) is 8.42 Å². The van der Waals surface area contributed by atoms with Crippen molar-refractivity contribution in [2.75, 3.05) is 20.6 Å². The number of hydrogen-bond donors (Lipinski definition) is 2. The molecule has 0 saturated heterocycles. The lowest BCUT2D eigenvalue weighted by Crippen LogP contribution is -2.39. The van der Waals surface area contributed by atoms with Crippen molar-refractivity contribution >= 4 is 10.0 Å². The maximum Gasteiger partial charge on any atom is 0.241 e. The van der Waals surface area contributed by atoms with Gasteiger partial charge < -0.3 is 10.0 Å². The van der Waals surface area contributed by atoms with Gasteiger partial charge >= 0.3 is 0 Å². The highest BCUT2D eigenvalue weighted by Crippen LogP contribution is 2.17. The average molecular weight is 286 g/mol. The summed E-state index contributed by atoms with van der Waals surface area (Å²) in [4.78, 5) is 2.15. The van der Waals surface area contributed by atoms with Gasteiger partial charge in [0.2, 0.25) is 10.0 Å². The molecule has 2 N–H and O–H groups in total. The molecule has 6 heteroatoms. The molecule has 0 bridgehead atoms. The van der Waals surface area contributed by atoms with Crippen LogP contribution in [-0.4, -0.2) is 45.1 Å². The van der Waals surface area contributed by atoms with E-state index in [1.54, 1.807) is 19.1 Å². The molecule has 5 nitrogen and oxygen atoms in total. The molecule has 1 atom stereocenters. The summed E-state index contributed by atoms with van der Waals surface area (Å²) in [6, 6.07) is 4.76. The van der Waals surface area contributed by atoms with Crippen molar-refractivity contribution in [2.24, 2.45) is 0 Å². The van der Waals surface area contributed by atoms with E-state index in [0.717, 1.165) is 0 Å². The molecule has 0 saturated carbocycles. The summed E-state index contributed by atoms with van der Waals surface area (Å²) >= 11 is 0. The van der Waals surface area contributed by atoms with Crippen LogP contribution in [0.1, 0.15) is 18.1 Å². The number of nitrogens with zero attached hydrogens (tertiary/aromatic N) is 1. The van der Waals surface area contributed by atoms with E-state index in [0.29, 0.717) is 17.7 Å². The first kappa shape index (κ1) is 16.1. The molecular weight excluding hydrogens is 264 g/mol. The lowest BCUT2D eigenvalue weighted by molar-refractivity contribution is 0.281. The fourth-order valence-corrected chi connectivity index (χ4v) is 3.48. The van der Waals surface area contributed by atoms with Gasteiger partial charge in [-0.15, -0.1) is 0 Å². The minimum atomic E-state index is -3.56. The molecule has 0 amide bonds. The molecule has 19 heavy (non-hydrogen) atoms. The van der Waals surface area contributed by atoms with Gasteiger partial charge in [-0.05, 0) is 45.1 Å². The molecule has 1 unspecified atom stereocenters. The Morgan fingerprint density at radius 3 is 2.53 bits per heavy atom. The van der Waals surface area contributed by atoms with Crippen LogP contribution in [0.3, 0.4) is 0 Å². The Morgan fingerprint density at radius 1 is 1.37 bits per heavy atom. The number of likely N-dealkylation sites (N-methyl/N-ethyl adjacent to an activating group) is 1. The Kier molecular flexibility index (Phi) is 5.49. The number of aliphatic hydroxyl groups excluding tert-OH is 1. The highest BCUT2D eigenvalue weighted by molar-refractivity contribution is 7.89. The third-order valence-corrected chi connectivity index (χ3v) is 4.45. The largest absolute Gasteiger partial charge is 0.392 e. The summed E-state index contributed by atoms with van der Waals surface area (Å²) in [5, 5.41) is 9.10. The lowest BCUT2D eigenvalue weighted by Gasteiger charge is -2.19. The number of rotatable bonds is 6. The van der Waals surface area contributed by atoms with Crippen molar-refractivity contribution in [1.29, 1.82) is 0 Å². The first-order valence-corrected chi connectivity index (χ1v) is 7.62. The van der Waals surface area contributed by atoms with Crippen LogP contribution in [0.25, 0.3) is 0 Å². The van der Waals surface area contributed by atoms with Crippen LogP contribution in [0, 0.1) is 6.92 Å². The highest BCUT2D eigenvalue weighted by Gasteiger charge is 2.20. The molecule has 0 spiro atoms. The third-order valence-electron chi connectivity index (χ3n) is 2.72. The van der Waals surface area contributed by atoms with Crippen molar-refractivity contribution in [2.45, 2.75) is 31.4 Å². The van der Waals surface area contributed by atoms with Crippen molar-refractivity contribution < 1.29 is 13.5 Å². The maximum absolute atomic E-state index is 12.3. The lowest BCUT2D eigenvalue weighted by atomic mass is 10.2. The molecular formula is C13H22N2O3S. The summed E-state index contributed by atoms with van der Waals surface area (Å²) in [5.41, 5.74) is 1.26. The second kappa shape index (κ2) is 6.47. The van der Waals surface area contributed by atoms with Crippen LogP contribution in [0.2, 0.25) is 0 Å². The number of aryl methyl sites for hydroxylation is 1. The Bertz CT molecular complexity index is 527. The van der Waals surface area contributed by atoms with E-state index in [1.807, 2.05) is 25.9 Å². The second-order valence-electron chi connectivity index (χ2n) is 5.04. The predicted octanol–water partition coefficient (Wildman–Crippen LogP) is 0.716. The second-order valence-corrected chi connectivity index (χ2v) is 6.72.